The van der Waals surface area contributed by atoms with Gasteiger partial charge in [0, 0.05) is 6.08 Å². The number of carbonyl (C=O) groups excluding carboxylic acids is 2. The smallest absolute Gasteiger partial charge is 0.478 e. The zero-order chi connectivity index (χ0) is 18.9. The van der Waals surface area contributed by atoms with Crippen LogP contribution in [-0.4, -0.2) is 49.3 Å². The lowest BCUT2D eigenvalue weighted by Crippen LogP contribution is -2.26. The molecule has 10 heteroatoms. The number of alkyl halides is 3. The van der Waals surface area contributed by atoms with E-state index < -0.39 is 50.0 Å². The van der Waals surface area contributed by atoms with Crippen molar-refractivity contribution in [3.8, 4) is 11.5 Å². The molecule has 0 heterocycles. The average Bonchev–Trinajstić information content (AvgIpc) is 2.55. The summed E-state index contributed by atoms with van der Waals surface area (Å²) in [6, 6.07) is 4.89. The van der Waals surface area contributed by atoms with Gasteiger partial charge in [-0.1, -0.05) is 18.7 Å². The largest absolute Gasteiger partial charge is 0.573 e. The average molecular weight is 364 g/mol. The molecule has 0 saturated heterocycles. The van der Waals surface area contributed by atoms with Gasteiger partial charge in [0.15, 0.2) is 18.1 Å². The highest BCUT2D eigenvalue weighted by atomic mass is 19.4. The summed E-state index contributed by atoms with van der Waals surface area (Å²) >= 11 is 0. The summed E-state index contributed by atoms with van der Waals surface area (Å²) in [5, 5.41) is 9.42. The number of para-hydroxylation sites is 2. The molecule has 0 saturated carbocycles. The Morgan fingerprint density at radius 1 is 1.16 bits per heavy atom. The lowest BCUT2D eigenvalue weighted by atomic mass is 10.3. The van der Waals surface area contributed by atoms with Crippen LogP contribution < -0.4 is 9.47 Å². The monoisotopic (exact) mass is 364 g/mol. The molecule has 1 aromatic rings. The number of carbonyl (C=O) groups is 2. The van der Waals surface area contributed by atoms with Crippen molar-refractivity contribution in [1.29, 1.82) is 0 Å². The van der Waals surface area contributed by atoms with Crippen LogP contribution in [0.4, 0.5) is 13.2 Å². The maximum atomic E-state index is 12.2. The highest BCUT2D eigenvalue weighted by molar-refractivity contribution is 5.81. The number of aliphatic hydroxyl groups is 1. The van der Waals surface area contributed by atoms with Gasteiger partial charge in [-0.2, -0.15) is 0 Å². The van der Waals surface area contributed by atoms with Crippen LogP contribution in [0.3, 0.4) is 0 Å². The van der Waals surface area contributed by atoms with Crippen LogP contribution in [0.2, 0.25) is 0 Å². The predicted molar refractivity (Wildman–Crippen MR) is 76.7 cm³/mol. The molecule has 138 valence electrons. The van der Waals surface area contributed by atoms with Crippen LogP contribution in [0.1, 0.15) is 0 Å². The summed E-state index contributed by atoms with van der Waals surface area (Å²) in [5.74, 6) is -2.62. The number of benzene rings is 1. The number of esters is 2. The minimum Gasteiger partial charge on any atom is -0.478 e. The van der Waals surface area contributed by atoms with E-state index in [0.29, 0.717) is 0 Å². The van der Waals surface area contributed by atoms with E-state index in [1.165, 1.54) is 18.2 Å². The molecule has 1 N–H and O–H groups in total. The van der Waals surface area contributed by atoms with E-state index in [1.807, 2.05) is 0 Å². The third kappa shape index (κ3) is 8.61. The molecule has 1 atom stereocenters. The van der Waals surface area contributed by atoms with Crippen molar-refractivity contribution in [2.75, 3.05) is 19.8 Å². The van der Waals surface area contributed by atoms with Gasteiger partial charge in [0.2, 0.25) is 0 Å². The SMILES string of the molecule is C=CC(=O)OCC(O)COC(=O)COc1ccccc1OC(F)(F)F. The van der Waals surface area contributed by atoms with Gasteiger partial charge in [0.05, 0.1) is 0 Å². The Morgan fingerprint density at radius 3 is 2.36 bits per heavy atom. The highest BCUT2D eigenvalue weighted by Gasteiger charge is 2.32. The molecule has 0 fully saturated rings. The molecule has 1 rings (SSSR count). The first-order valence-electron chi connectivity index (χ1n) is 6.81. The molecule has 0 radical (unpaired) electrons. The van der Waals surface area contributed by atoms with Gasteiger partial charge in [-0.25, -0.2) is 9.59 Å². The third-order valence-electron chi connectivity index (χ3n) is 2.44. The molecule has 0 amide bonds. The van der Waals surface area contributed by atoms with Crippen molar-refractivity contribution >= 4 is 11.9 Å². The fourth-order valence-corrected chi connectivity index (χ4v) is 1.43. The molecular formula is C15H15F3O7. The number of aliphatic hydroxyl groups excluding tert-OH is 1. The Balaban J connectivity index is 2.42. The first kappa shape index (κ1) is 20.3. The summed E-state index contributed by atoms with van der Waals surface area (Å²) in [4.78, 5) is 22.2. The lowest BCUT2D eigenvalue weighted by molar-refractivity contribution is -0.275. The highest BCUT2D eigenvalue weighted by Crippen LogP contribution is 2.31. The molecule has 0 aromatic heterocycles. The van der Waals surface area contributed by atoms with E-state index in [9.17, 15) is 27.9 Å². The zero-order valence-electron chi connectivity index (χ0n) is 12.8. The number of rotatable bonds is 9. The molecular weight excluding hydrogens is 349 g/mol. The molecule has 7 nitrogen and oxygen atoms in total. The van der Waals surface area contributed by atoms with Crippen LogP contribution in [0, 0.1) is 0 Å². The zero-order valence-corrected chi connectivity index (χ0v) is 12.8. The van der Waals surface area contributed by atoms with Gasteiger partial charge in [0.1, 0.15) is 19.3 Å². The van der Waals surface area contributed by atoms with Crippen molar-refractivity contribution in [3.63, 3.8) is 0 Å². The van der Waals surface area contributed by atoms with Crippen LogP contribution in [0.25, 0.3) is 0 Å². The maximum Gasteiger partial charge on any atom is 0.573 e. The molecule has 25 heavy (non-hydrogen) atoms. The number of hydrogen-bond acceptors (Lipinski definition) is 7. The molecule has 0 aliphatic carbocycles. The molecule has 0 aliphatic rings. The standard InChI is InChI=1S/C15H15F3O7/c1-2-13(20)23-7-10(19)8-24-14(21)9-22-11-5-3-4-6-12(11)25-15(16,17)18/h2-6,10,19H,1,7-9H2. The molecule has 0 bridgehead atoms. The second-order valence-electron chi connectivity index (χ2n) is 4.45. The molecule has 0 aliphatic heterocycles. The van der Waals surface area contributed by atoms with E-state index in [4.69, 9.17) is 4.74 Å². The molecule has 1 aromatic carbocycles. The second-order valence-corrected chi connectivity index (χ2v) is 4.45. The topological polar surface area (TPSA) is 91.3 Å². The lowest BCUT2D eigenvalue weighted by Gasteiger charge is -2.14. The van der Waals surface area contributed by atoms with Crippen LogP contribution in [0.15, 0.2) is 36.9 Å². The number of hydrogen-bond donors (Lipinski definition) is 1. The fourth-order valence-electron chi connectivity index (χ4n) is 1.43. The molecule has 1 unspecified atom stereocenters. The summed E-state index contributed by atoms with van der Waals surface area (Å²) in [6.07, 6.45) is -5.28. The van der Waals surface area contributed by atoms with E-state index >= 15 is 0 Å². The van der Waals surface area contributed by atoms with Gasteiger partial charge in [-0.05, 0) is 12.1 Å². The second kappa shape index (κ2) is 9.52. The summed E-state index contributed by atoms with van der Waals surface area (Å²) in [5.41, 5.74) is 0. The Hall–Kier alpha value is -2.75. The Kier molecular flexibility index (Phi) is 7.73. The summed E-state index contributed by atoms with van der Waals surface area (Å²) in [6.45, 7) is 1.54. The molecule has 0 spiro atoms. The first-order valence-corrected chi connectivity index (χ1v) is 6.81. The van der Waals surface area contributed by atoms with Crippen molar-refractivity contribution in [3.05, 3.63) is 36.9 Å². The van der Waals surface area contributed by atoms with Gasteiger partial charge >= 0.3 is 18.3 Å². The van der Waals surface area contributed by atoms with Gasteiger partial charge < -0.3 is 24.1 Å². The van der Waals surface area contributed by atoms with Crippen molar-refractivity contribution < 1.29 is 46.8 Å². The number of halogens is 3. The van der Waals surface area contributed by atoms with E-state index in [1.54, 1.807) is 0 Å². The van der Waals surface area contributed by atoms with E-state index in [2.05, 4.69) is 20.8 Å². The summed E-state index contributed by atoms with van der Waals surface area (Å²) < 4.78 is 54.6. The normalized spacial score (nSPS) is 12.0. The Bertz CT molecular complexity index is 601. The fraction of sp³-hybridized carbons (Fsp3) is 0.333. The maximum absolute atomic E-state index is 12.2. The van der Waals surface area contributed by atoms with Crippen LogP contribution >= 0.6 is 0 Å². The minimum atomic E-state index is -4.91. The van der Waals surface area contributed by atoms with Gasteiger partial charge in [-0.15, -0.1) is 13.2 Å². The van der Waals surface area contributed by atoms with Crippen molar-refractivity contribution in [2.45, 2.75) is 12.5 Å². The quantitative estimate of drug-likeness (QED) is 0.526. The third-order valence-corrected chi connectivity index (χ3v) is 2.44. The Labute approximate surface area is 140 Å². The number of ether oxygens (including phenoxy) is 4. The van der Waals surface area contributed by atoms with Crippen LogP contribution in [0.5, 0.6) is 11.5 Å². The van der Waals surface area contributed by atoms with Crippen molar-refractivity contribution in [1.82, 2.24) is 0 Å². The minimum absolute atomic E-state index is 0.308. The Morgan fingerprint density at radius 2 is 1.76 bits per heavy atom. The van der Waals surface area contributed by atoms with Gasteiger partial charge in [0.25, 0.3) is 0 Å². The van der Waals surface area contributed by atoms with E-state index in [-0.39, 0.29) is 5.75 Å². The van der Waals surface area contributed by atoms with Crippen molar-refractivity contribution in [2.24, 2.45) is 0 Å². The van der Waals surface area contributed by atoms with E-state index in [0.717, 1.165) is 12.1 Å². The summed E-state index contributed by atoms with van der Waals surface area (Å²) in [7, 11) is 0. The predicted octanol–water partition coefficient (Wildman–Crippen LogP) is 1.60. The van der Waals surface area contributed by atoms with Gasteiger partial charge in [-0.3, -0.25) is 0 Å². The van der Waals surface area contributed by atoms with Crippen LogP contribution in [-0.2, 0) is 19.1 Å². The first-order chi connectivity index (χ1) is 11.7.